The van der Waals surface area contributed by atoms with E-state index in [0.29, 0.717) is 18.3 Å². The van der Waals surface area contributed by atoms with Crippen molar-refractivity contribution in [1.82, 2.24) is 4.98 Å². The van der Waals surface area contributed by atoms with Crippen molar-refractivity contribution in [2.75, 3.05) is 11.9 Å². The molecule has 88 valence electrons. The summed E-state index contributed by atoms with van der Waals surface area (Å²) in [7, 11) is 0. The number of aromatic nitrogens is 1. The average molecular weight is 243 g/mol. The summed E-state index contributed by atoms with van der Waals surface area (Å²) < 4.78 is 0. The monoisotopic (exact) mass is 242 g/mol. The molecule has 16 heavy (non-hydrogen) atoms. The largest absolute Gasteiger partial charge is 0.478 e. The van der Waals surface area contributed by atoms with E-state index in [0.717, 1.165) is 6.42 Å². The van der Waals surface area contributed by atoms with Crippen molar-refractivity contribution in [2.45, 2.75) is 20.3 Å². The molecule has 0 aliphatic heterocycles. The Balaban J connectivity index is 2.76. The van der Waals surface area contributed by atoms with Crippen molar-refractivity contribution in [2.24, 2.45) is 5.92 Å². The van der Waals surface area contributed by atoms with Gasteiger partial charge in [0.2, 0.25) is 0 Å². The minimum Gasteiger partial charge on any atom is -0.478 e. The molecular formula is C11H15ClN2O2. The maximum atomic E-state index is 10.9. The fourth-order valence-electron chi connectivity index (χ4n) is 1.22. The molecule has 1 aromatic heterocycles. The van der Waals surface area contributed by atoms with Crippen LogP contribution in [0.15, 0.2) is 12.1 Å². The van der Waals surface area contributed by atoms with Gasteiger partial charge in [-0.3, -0.25) is 0 Å². The number of pyridine rings is 1. The molecule has 1 aromatic rings. The van der Waals surface area contributed by atoms with E-state index in [4.69, 9.17) is 16.7 Å². The van der Waals surface area contributed by atoms with E-state index < -0.39 is 5.97 Å². The van der Waals surface area contributed by atoms with Crippen molar-refractivity contribution < 1.29 is 9.90 Å². The summed E-state index contributed by atoms with van der Waals surface area (Å²) >= 11 is 5.72. The Morgan fingerprint density at radius 1 is 1.56 bits per heavy atom. The molecule has 0 saturated carbocycles. The Morgan fingerprint density at radius 3 is 2.81 bits per heavy atom. The highest BCUT2D eigenvalue weighted by molar-refractivity contribution is 6.29. The fourth-order valence-corrected chi connectivity index (χ4v) is 1.37. The molecule has 5 heteroatoms. The molecular weight excluding hydrogens is 228 g/mol. The number of nitrogens with zero attached hydrogens (tertiary/aromatic N) is 1. The quantitative estimate of drug-likeness (QED) is 0.780. The van der Waals surface area contributed by atoms with Crippen LogP contribution < -0.4 is 5.32 Å². The van der Waals surface area contributed by atoms with Gasteiger partial charge in [0.15, 0.2) is 0 Å². The maximum Gasteiger partial charge on any atom is 0.339 e. The molecule has 0 amide bonds. The number of hydrogen-bond donors (Lipinski definition) is 2. The standard InChI is InChI=1S/C11H15ClN2O2/c1-7(2)5-6-13-10-8(11(15)16)3-4-9(12)14-10/h3-4,7H,5-6H2,1-2H3,(H,13,14)(H,15,16). The lowest BCUT2D eigenvalue weighted by molar-refractivity contribution is 0.0697. The smallest absolute Gasteiger partial charge is 0.339 e. The number of aromatic carboxylic acids is 1. The first kappa shape index (κ1) is 12.8. The Kier molecular flexibility index (Phi) is 4.55. The zero-order valence-electron chi connectivity index (χ0n) is 9.33. The van der Waals surface area contributed by atoms with Crippen molar-refractivity contribution in [3.63, 3.8) is 0 Å². The predicted octanol–water partition coefficient (Wildman–Crippen LogP) is 2.89. The van der Waals surface area contributed by atoms with Crippen molar-refractivity contribution in [3.8, 4) is 0 Å². The number of nitrogens with one attached hydrogen (secondary N) is 1. The summed E-state index contributed by atoms with van der Waals surface area (Å²) in [4.78, 5) is 14.9. The summed E-state index contributed by atoms with van der Waals surface area (Å²) in [5.74, 6) is -0.114. The maximum absolute atomic E-state index is 10.9. The van der Waals surface area contributed by atoms with Crippen LogP contribution in [-0.2, 0) is 0 Å². The average Bonchev–Trinajstić information content (AvgIpc) is 2.16. The summed E-state index contributed by atoms with van der Waals surface area (Å²) in [6, 6.07) is 2.92. The summed E-state index contributed by atoms with van der Waals surface area (Å²) in [5.41, 5.74) is 0.146. The second-order valence-corrected chi connectivity index (χ2v) is 4.33. The summed E-state index contributed by atoms with van der Waals surface area (Å²) in [5, 5.41) is 12.2. The third-order valence-corrected chi connectivity index (χ3v) is 2.32. The van der Waals surface area contributed by atoms with Crippen LogP contribution in [0.25, 0.3) is 0 Å². The first-order valence-corrected chi connectivity index (χ1v) is 5.52. The fraction of sp³-hybridized carbons (Fsp3) is 0.455. The topological polar surface area (TPSA) is 62.2 Å². The van der Waals surface area contributed by atoms with Gasteiger partial charge in [-0.25, -0.2) is 9.78 Å². The number of halogens is 1. The van der Waals surface area contributed by atoms with Gasteiger partial charge in [0.05, 0.1) is 0 Å². The highest BCUT2D eigenvalue weighted by atomic mass is 35.5. The molecule has 0 saturated heterocycles. The summed E-state index contributed by atoms with van der Waals surface area (Å²) in [6.07, 6.45) is 0.952. The minimum absolute atomic E-state index is 0.146. The predicted molar refractivity (Wildman–Crippen MR) is 64.2 cm³/mol. The highest BCUT2D eigenvalue weighted by Gasteiger charge is 2.11. The first-order valence-electron chi connectivity index (χ1n) is 5.14. The molecule has 0 aliphatic rings. The van der Waals surface area contributed by atoms with Crippen LogP contribution in [0.3, 0.4) is 0 Å². The normalized spacial score (nSPS) is 10.5. The van der Waals surface area contributed by atoms with E-state index in [1.165, 1.54) is 12.1 Å². The molecule has 0 unspecified atom stereocenters. The van der Waals surface area contributed by atoms with Crippen LogP contribution in [0.4, 0.5) is 5.82 Å². The Bertz CT molecular complexity index is 380. The van der Waals surface area contributed by atoms with Crippen molar-refractivity contribution in [3.05, 3.63) is 22.8 Å². The Labute approximate surface area is 99.6 Å². The molecule has 0 spiro atoms. The number of hydrogen-bond acceptors (Lipinski definition) is 3. The second-order valence-electron chi connectivity index (χ2n) is 3.94. The van der Waals surface area contributed by atoms with Gasteiger partial charge in [-0.05, 0) is 24.5 Å². The van der Waals surface area contributed by atoms with E-state index in [2.05, 4.69) is 24.1 Å². The van der Waals surface area contributed by atoms with Gasteiger partial charge in [-0.2, -0.15) is 0 Å². The Hall–Kier alpha value is -1.29. The first-order chi connectivity index (χ1) is 7.50. The molecule has 0 atom stereocenters. The second kappa shape index (κ2) is 5.70. The van der Waals surface area contributed by atoms with Gasteiger partial charge in [0.25, 0.3) is 0 Å². The van der Waals surface area contributed by atoms with Gasteiger partial charge < -0.3 is 10.4 Å². The minimum atomic E-state index is -1.00. The van der Waals surface area contributed by atoms with Crippen LogP contribution in [0.2, 0.25) is 5.15 Å². The van der Waals surface area contributed by atoms with Crippen molar-refractivity contribution in [1.29, 1.82) is 0 Å². The van der Waals surface area contributed by atoms with Crippen LogP contribution in [0, 0.1) is 5.92 Å². The van der Waals surface area contributed by atoms with Gasteiger partial charge >= 0.3 is 5.97 Å². The van der Waals surface area contributed by atoms with Gasteiger partial charge in [-0.15, -0.1) is 0 Å². The number of carboxylic acids is 1. The number of carbonyl (C=O) groups is 1. The molecule has 1 rings (SSSR count). The SMILES string of the molecule is CC(C)CCNc1nc(Cl)ccc1C(=O)O. The van der Waals surface area contributed by atoms with E-state index in [-0.39, 0.29) is 10.7 Å². The van der Waals surface area contributed by atoms with Gasteiger partial charge in [-0.1, -0.05) is 25.4 Å². The van der Waals surface area contributed by atoms with Gasteiger partial charge in [0.1, 0.15) is 16.5 Å². The van der Waals surface area contributed by atoms with Crippen LogP contribution in [0.1, 0.15) is 30.6 Å². The number of rotatable bonds is 5. The molecule has 0 aromatic carbocycles. The highest BCUT2D eigenvalue weighted by Crippen LogP contribution is 2.16. The van der Waals surface area contributed by atoms with E-state index in [1.807, 2.05) is 0 Å². The third-order valence-electron chi connectivity index (χ3n) is 2.11. The van der Waals surface area contributed by atoms with Crippen LogP contribution >= 0.6 is 11.6 Å². The lowest BCUT2D eigenvalue weighted by Gasteiger charge is -2.10. The zero-order valence-corrected chi connectivity index (χ0v) is 10.1. The molecule has 0 aliphatic carbocycles. The van der Waals surface area contributed by atoms with Crippen LogP contribution in [0.5, 0.6) is 0 Å². The van der Waals surface area contributed by atoms with Gasteiger partial charge in [0, 0.05) is 6.54 Å². The van der Waals surface area contributed by atoms with E-state index >= 15 is 0 Å². The molecule has 2 N–H and O–H groups in total. The Morgan fingerprint density at radius 2 is 2.25 bits per heavy atom. The summed E-state index contributed by atoms with van der Waals surface area (Å²) in [6.45, 7) is 4.89. The molecule has 0 fully saturated rings. The van der Waals surface area contributed by atoms with E-state index in [9.17, 15) is 4.79 Å². The van der Waals surface area contributed by atoms with Crippen LogP contribution in [-0.4, -0.2) is 22.6 Å². The molecule has 0 radical (unpaired) electrons. The van der Waals surface area contributed by atoms with E-state index in [1.54, 1.807) is 0 Å². The number of anilines is 1. The molecule has 0 bridgehead atoms. The number of carboxylic acid groups (broad SMARTS) is 1. The third kappa shape index (κ3) is 3.70. The molecule has 1 heterocycles. The lowest BCUT2D eigenvalue weighted by Crippen LogP contribution is -2.11. The molecule has 4 nitrogen and oxygen atoms in total. The zero-order chi connectivity index (χ0) is 12.1. The lowest BCUT2D eigenvalue weighted by atomic mass is 10.1. The van der Waals surface area contributed by atoms with Crippen molar-refractivity contribution >= 4 is 23.4 Å².